The number of hydrogen-bond donors (Lipinski definition) is 1. The lowest BCUT2D eigenvalue weighted by molar-refractivity contribution is -0.136. The predicted molar refractivity (Wildman–Crippen MR) is 127 cm³/mol. The van der Waals surface area contributed by atoms with Crippen molar-refractivity contribution in [2.75, 3.05) is 59.4 Å². The van der Waals surface area contributed by atoms with Crippen molar-refractivity contribution in [3.8, 4) is 11.8 Å². The molecule has 0 spiro atoms. The van der Waals surface area contributed by atoms with Gasteiger partial charge in [-0.2, -0.15) is 0 Å². The minimum Gasteiger partial charge on any atom is -0.379 e. The van der Waals surface area contributed by atoms with Crippen LogP contribution in [0.4, 0.5) is 0 Å². The fourth-order valence-electron chi connectivity index (χ4n) is 3.77. The van der Waals surface area contributed by atoms with Crippen molar-refractivity contribution in [2.24, 2.45) is 5.11 Å². The molecule has 0 aromatic heterocycles. The van der Waals surface area contributed by atoms with E-state index in [-0.39, 0.29) is 31.4 Å². The van der Waals surface area contributed by atoms with Crippen molar-refractivity contribution in [1.29, 1.82) is 0 Å². The molecular weight excluding hydrogens is 470 g/mol. The molecule has 2 heterocycles. The van der Waals surface area contributed by atoms with Crippen LogP contribution >= 0.6 is 0 Å². The number of ether oxygens (including phenoxy) is 4. The third-order valence-electron chi connectivity index (χ3n) is 5.49. The molecule has 0 radical (unpaired) electrons. The second-order valence-corrected chi connectivity index (χ2v) is 7.88. The molecule has 1 fully saturated rings. The van der Waals surface area contributed by atoms with E-state index in [9.17, 15) is 14.4 Å². The number of azide groups is 1. The Labute approximate surface area is 208 Å². The van der Waals surface area contributed by atoms with Crippen molar-refractivity contribution < 1.29 is 33.3 Å². The number of imide groups is 1. The van der Waals surface area contributed by atoms with E-state index in [1.807, 2.05) is 6.07 Å². The van der Waals surface area contributed by atoms with Crippen LogP contribution in [-0.2, 0) is 35.1 Å². The van der Waals surface area contributed by atoms with Gasteiger partial charge in [-0.05, 0) is 29.6 Å². The first-order valence-electron chi connectivity index (χ1n) is 11.7. The van der Waals surface area contributed by atoms with Gasteiger partial charge in [-0.25, -0.2) is 0 Å². The number of nitrogens with zero attached hydrogens (tertiary/aromatic N) is 4. The van der Waals surface area contributed by atoms with Crippen LogP contribution in [0.15, 0.2) is 23.3 Å². The Morgan fingerprint density at radius 3 is 2.42 bits per heavy atom. The average Bonchev–Trinajstić information content (AvgIpc) is 3.20. The summed E-state index contributed by atoms with van der Waals surface area (Å²) in [6.45, 7) is 3.69. The summed E-state index contributed by atoms with van der Waals surface area (Å²) in [5.74, 6) is 5.03. The molecule has 36 heavy (non-hydrogen) atoms. The Morgan fingerprint density at radius 2 is 1.72 bits per heavy atom. The Morgan fingerprint density at radius 1 is 1.03 bits per heavy atom. The highest BCUT2D eigenvalue weighted by Crippen LogP contribution is 2.29. The number of rotatable bonds is 14. The summed E-state index contributed by atoms with van der Waals surface area (Å²) in [5.41, 5.74) is 10.2. The predicted octanol–water partition coefficient (Wildman–Crippen LogP) is 1.18. The largest absolute Gasteiger partial charge is 0.379 e. The zero-order valence-corrected chi connectivity index (χ0v) is 19.9. The van der Waals surface area contributed by atoms with Crippen molar-refractivity contribution in [3.05, 3.63) is 45.3 Å². The van der Waals surface area contributed by atoms with E-state index in [0.717, 1.165) is 11.1 Å². The molecule has 1 atom stereocenters. The molecule has 1 saturated heterocycles. The number of benzene rings is 1. The fourth-order valence-corrected chi connectivity index (χ4v) is 3.77. The van der Waals surface area contributed by atoms with Gasteiger partial charge in [0.15, 0.2) is 0 Å². The lowest BCUT2D eigenvalue weighted by Crippen LogP contribution is -2.52. The quantitative estimate of drug-likeness (QED) is 0.101. The Bertz CT molecular complexity index is 1050. The highest BCUT2D eigenvalue weighted by Gasteiger charge is 2.39. The minimum absolute atomic E-state index is 0.210. The lowest BCUT2D eigenvalue weighted by atomic mass is 10.0. The fraction of sp³-hybridized carbons (Fsp3) is 0.542. The summed E-state index contributed by atoms with van der Waals surface area (Å²) in [5, 5.41) is 5.66. The van der Waals surface area contributed by atoms with Crippen LogP contribution in [0.5, 0.6) is 0 Å². The molecule has 2 aliphatic heterocycles. The molecule has 1 aromatic carbocycles. The molecule has 3 amide bonds. The molecule has 1 unspecified atom stereocenters. The maximum atomic E-state index is 12.8. The van der Waals surface area contributed by atoms with Crippen molar-refractivity contribution in [1.82, 2.24) is 10.2 Å². The second-order valence-electron chi connectivity index (χ2n) is 7.88. The summed E-state index contributed by atoms with van der Waals surface area (Å²) in [6.07, 6.45) is 0.537. The third-order valence-corrected chi connectivity index (χ3v) is 5.49. The molecule has 3 rings (SSSR count). The van der Waals surface area contributed by atoms with Crippen molar-refractivity contribution >= 4 is 17.7 Å². The molecule has 192 valence electrons. The van der Waals surface area contributed by atoms with Gasteiger partial charge >= 0.3 is 0 Å². The van der Waals surface area contributed by atoms with Crippen molar-refractivity contribution in [3.63, 3.8) is 0 Å². The number of carbonyl (C=O) groups excluding carboxylic acids is 3. The molecule has 0 aliphatic carbocycles. The molecule has 1 aromatic rings. The molecule has 1 N–H and O–H groups in total. The van der Waals surface area contributed by atoms with Gasteiger partial charge in [-0.3, -0.25) is 19.7 Å². The normalized spacial score (nSPS) is 16.7. The maximum absolute atomic E-state index is 12.8. The number of fused-ring (bicyclic) bond motifs is 1. The molecule has 2 aliphatic rings. The van der Waals surface area contributed by atoms with Gasteiger partial charge in [0.2, 0.25) is 11.8 Å². The summed E-state index contributed by atoms with van der Waals surface area (Å²) < 4.78 is 21.5. The Hall–Kier alpha value is -3.46. The van der Waals surface area contributed by atoms with Gasteiger partial charge in [0.05, 0.1) is 46.2 Å². The van der Waals surface area contributed by atoms with Gasteiger partial charge in [0.1, 0.15) is 12.6 Å². The maximum Gasteiger partial charge on any atom is 0.255 e. The molecule has 12 heteroatoms. The second kappa shape index (κ2) is 14.8. The van der Waals surface area contributed by atoms with Crippen LogP contribution in [0, 0.1) is 11.8 Å². The SMILES string of the molecule is [N-]=[N+]=NCCOCCOCCOCCOCC#Cc1cccc2c1CN(C1CCC(=O)NC1=O)C2=O. The smallest absolute Gasteiger partial charge is 0.255 e. The standard InChI is InChI=1S/C24H29N5O7/c25-28-26-8-10-34-12-14-36-16-15-35-13-11-33-9-2-4-18-3-1-5-19-20(18)17-29(24(19)32)21-6-7-22(30)27-23(21)31/h1,3,5,21H,6-17H2,(H,27,30,31). The third kappa shape index (κ3) is 8.05. The van der Waals surface area contributed by atoms with Gasteiger partial charge in [-0.1, -0.05) is 23.0 Å². The summed E-state index contributed by atoms with van der Waals surface area (Å²) in [7, 11) is 0. The van der Waals surface area contributed by atoms with E-state index in [1.54, 1.807) is 12.1 Å². The highest BCUT2D eigenvalue weighted by atomic mass is 16.6. The molecular formula is C24H29N5O7. The van der Waals surface area contributed by atoms with Gasteiger partial charge in [0.25, 0.3) is 5.91 Å². The van der Waals surface area contributed by atoms with Crippen molar-refractivity contribution in [2.45, 2.75) is 25.4 Å². The van der Waals surface area contributed by atoms with Crippen LogP contribution in [0.25, 0.3) is 10.4 Å². The first-order valence-corrected chi connectivity index (χ1v) is 11.7. The van der Waals surface area contributed by atoms with Crippen LogP contribution in [-0.4, -0.2) is 88.1 Å². The van der Waals surface area contributed by atoms with E-state index < -0.39 is 11.9 Å². The van der Waals surface area contributed by atoms with Crippen LogP contribution in [0.3, 0.4) is 0 Å². The Balaban J connectivity index is 1.31. The number of piperidine rings is 1. The number of nitrogens with one attached hydrogen (secondary N) is 1. The van der Waals surface area contributed by atoms with E-state index in [0.29, 0.717) is 64.8 Å². The molecule has 0 bridgehead atoms. The van der Waals surface area contributed by atoms with Crippen LogP contribution in [0.1, 0.15) is 34.3 Å². The number of carbonyl (C=O) groups is 3. The van der Waals surface area contributed by atoms with E-state index >= 15 is 0 Å². The molecule has 0 saturated carbocycles. The lowest BCUT2D eigenvalue weighted by Gasteiger charge is -2.29. The summed E-state index contributed by atoms with van der Waals surface area (Å²) in [4.78, 5) is 40.6. The van der Waals surface area contributed by atoms with Crippen LogP contribution in [0.2, 0.25) is 0 Å². The monoisotopic (exact) mass is 499 g/mol. The van der Waals surface area contributed by atoms with E-state index in [1.165, 1.54) is 4.90 Å². The van der Waals surface area contributed by atoms with Gasteiger partial charge in [-0.15, -0.1) is 0 Å². The first-order chi connectivity index (χ1) is 17.6. The topological polar surface area (TPSA) is 152 Å². The average molecular weight is 500 g/mol. The minimum atomic E-state index is -0.652. The first kappa shape index (κ1) is 27.1. The number of amides is 3. The zero-order valence-electron chi connectivity index (χ0n) is 19.9. The van der Waals surface area contributed by atoms with E-state index in [4.69, 9.17) is 24.5 Å². The Kier molecular flexibility index (Phi) is 11.2. The summed E-state index contributed by atoms with van der Waals surface area (Å²) in [6, 6.07) is 4.68. The number of hydrogen-bond acceptors (Lipinski definition) is 8. The summed E-state index contributed by atoms with van der Waals surface area (Å²) >= 11 is 0. The zero-order chi connectivity index (χ0) is 25.6. The van der Waals surface area contributed by atoms with Gasteiger partial charge in [0, 0.05) is 35.5 Å². The molecule has 12 nitrogen and oxygen atoms in total. The van der Waals surface area contributed by atoms with E-state index in [2.05, 4.69) is 27.2 Å². The van der Waals surface area contributed by atoms with Crippen LogP contribution < -0.4 is 5.32 Å². The van der Waals surface area contributed by atoms with Gasteiger partial charge < -0.3 is 23.8 Å². The highest BCUT2D eigenvalue weighted by molar-refractivity contribution is 6.05.